The van der Waals surface area contributed by atoms with Crippen LogP contribution in [0.3, 0.4) is 0 Å². The van der Waals surface area contributed by atoms with E-state index in [-0.39, 0.29) is 30.9 Å². The molecule has 4 heterocycles. The fraction of sp³-hybridized carbons (Fsp3) is 0.389. The SMILES string of the molecule is CC1(C)[C@H]2Cc3nc(-c4cccc(-c5ccc6c(n5)C[C@H]5C[C@@H]6C5(C)C)n4)ccc3[C@@H]1C2.O=C(O)c1cccc(C(=O)O)n1.[Ru]. The van der Waals surface area contributed by atoms with Crippen LogP contribution in [-0.4, -0.2) is 42.1 Å². The van der Waals surface area contributed by atoms with E-state index < -0.39 is 11.9 Å². The average molecular weight is 690 g/mol. The van der Waals surface area contributed by atoms with Crippen molar-refractivity contribution in [1.29, 1.82) is 0 Å². The average Bonchev–Trinajstić information content (AvgIpc) is 3.03. The summed E-state index contributed by atoms with van der Waals surface area (Å²) < 4.78 is 0. The van der Waals surface area contributed by atoms with Crippen molar-refractivity contribution >= 4 is 11.9 Å². The molecule has 2 fully saturated rings. The van der Waals surface area contributed by atoms with Gasteiger partial charge >= 0.3 is 11.9 Å². The number of nitrogens with zero attached hydrogens (tertiary/aromatic N) is 4. The van der Waals surface area contributed by atoms with Crippen LogP contribution in [-0.2, 0) is 32.3 Å². The fourth-order valence-corrected chi connectivity index (χ4v) is 7.91. The molecule has 0 unspecified atom stereocenters. The van der Waals surface area contributed by atoms with Gasteiger partial charge in [-0.3, -0.25) is 9.97 Å². The van der Waals surface area contributed by atoms with Crippen molar-refractivity contribution in [3.05, 3.63) is 94.6 Å². The largest absolute Gasteiger partial charge is 0.477 e. The standard InChI is InChI=1S/C29H31N3.C7H5NO4.Ru/c1-28(2)16-12-20(28)18-8-10-24(31-26(18)14-16)22-6-5-7-23(30-22)25-11-9-19-21-13-17(29(21,3)4)15-27(19)32-25;9-6(10)4-2-1-3-5(8-4)7(11)12;/h5-11,16-17,20-21H,12-15H2,1-4H3;1-3H,(H,9,10)(H,11,12);/t16-,17-,20+,21+;;/m1../s1. The summed E-state index contributed by atoms with van der Waals surface area (Å²) in [5.41, 5.74) is 9.74. The minimum Gasteiger partial charge on any atom is -0.477 e. The second-order valence-electron chi connectivity index (χ2n) is 13.9. The van der Waals surface area contributed by atoms with Crippen LogP contribution >= 0.6 is 0 Å². The number of carbonyl (C=O) groups is 2. The summed E-state index contributed by atoms with van der Waals surface area (Å²) in [6, 6.07) is 19.1. The Morgan fingerprint density at radius 1 is 0.600 bits per heavy atom. The number of carboxylic acid groups (broad SMARTS) is 2. The summed E-state index contributed by atoms with van der Waals surface area (Å²) in [6.45, 7) is 9.68. The molecule has 232 valence electrons. The molecule has 4 atom stereocenters. The van der Waals surface area contributed by atoms with Gasteiger partial charge in [-0.1, -0.05) is 52.0 Å². The predicted octanol–water partition coefficient (Wildman–Crippen LogP) is 7.05. The van der Waals surface area contributed by atoms with Gasteiger partial charge in [0, 0.05) is 30.9 Å². The Labute approximate surface area is 275 Å². The van der Waals surface area contributed by atoms with E-state index in [1.807, 2.05) is 0 Å². The molecule has 0 aliphatic heterocycles. The molecule has 0 amide bonds. The monoisotopic (exact) mass is 690 g/mol. The molecule has 0 aromatic carbocycles. The van der Waals surface area contributed by atoms with Gasteiger partial charge in [0.25, 0.3) is 0 Å². The number of aromatic carboxylic acids is 2. The summed E-state index contributed by atoms with van der Waals surface area (Å²) in [5, 5.41) is 16.9. The zero-order valence-electron chi connectivity index (χ0n) is 25.8. The first-order valence-corrected chi connectivity index (χ1v) is 15.3. The molecule has 4 bridgehead atoms. The van der Waals surface area contributed by atoms with Crippen molar-refractivity contribution in [2.45, 2.75) is 65.2 Å². The summed E-state index contributed by atoms with van der Waals surface area (Å²) >= 11 is 0. The van der Waals surface area contributed by atoms with Gasteiger partial charge in [-0.25, -0.2) is 19.6 Å². The summed E-state index contributed by atoms with van der Waals surface area (Å²) in [5.74, 6) is 0.424. The number of pyridine rings is 4. The molecule has 4 aromatic heterocycles. The van der Waals surface area contributed by atoms with Crippen molar-refractivity contribution in [3.8, 4) is 22.8 Å². The Morgan fingerprint density at radius 3 is 1.40 bits per heavy atom. The van der Waals surface area contributed by atoms with Gasteiger partial charge in [-0.2, -0.15) is 0 Å². The predicted molar refractivity (Wildman–Crippen MR) is 166 cm³/mol. The van der Waals surface area contributed by atoms with Crippen molar-refractivity contribution < 1.29 is 39.3 Å². The Kier molecular flexibility index (Phi) is 7.75. The molecular formula is C36H36N4O4Ru. The van der Waals surface area contributed by atoms with Gasteiger partial charge in [0.1, 0.15) is 11.4 Å². The summed E-state index contributed by atoms with van der Waals surface area (Å²) in [7, 11) is 0. The summed E-state index contributed by atoms with van der Waals surface area (Å²) in [6.07, 6.45) is 4.88. The third-order valence-electron chi connectivity index (χ3n) is 11.1. The van der Waals surface area contributed by atoms with Gasteiger partial charge in [0.2, 0.25) is 0 Å². The molecule has 8 nitrogen and oxygen atoms in total. The number of carboxylic acids is 2. The van der Waals surface area contributed by atoms with E-state index in [1.54, 1.807) is 0 Å². The maximum Gasteiger partial charge on any atom is 0.354 e. The van der Waals surface area contributed by atoms with Crippen LogP contribution in [0, 0.1) is 22.7 Å². The van der Waals surface area contributed by atoms with Crippen molar-refractivity contribution in [2.24, 2.45) is 22.7 Å². The Hall–Kier alpha value is -3.84. The number of rotatable bonds is 4. The van der Waals surface area contributed by atoms with E-state index in [2.05, 4.69) is 75.1 Å². The third kappa shape index (κ3) is 5.19. The first-order valence-electron chi connectivity index (χ1n) is 15.3. The topological polar surface area (TPSA) is 126 Å². The molecule has 2 N–H and O–H groups in total. The minimum atomic E-state index is -1.24. The van der Waals surface area contributed by atoms with Gasteiger partial charge in [0.15, 0.2) is 0 Å². The maximum atomic E-state index is 10.3. The van der Waals surface area contributed by atoms with Gasteiger partial charge in [-0.15, -0.1) is 0 Å². The smallest absolute Gasteiger partial charge is 0.354 e. The second kappa shape index (κ2) is 11.2. The van der Waals surface area contributed by atoms with Crippen LogP contribution in [0.5, 0.6) is 0 Å². The van der Waals surface area contributed by atoms with E-state index in [0.717, 1.165) is 47.5 Å². The molecule has 2 saturated carbocycles. The maximum absolute atomic E-state index is 10.3. The fourth-order valence-electron chi connectivity index (χ4n) is 7.91. The first-order chi connectivity index (χ1) is 20.9. The Morgan fingerprint density at radius 2 is 1.00 bits per heavy atom. The number of hydrogen-bond donors (Lipinski definition) is 2. The van der Waals surface area contributed by atoms with Crippen LogP contribution in [0.1, 0.15) is 95.9 Å². The first kappa shape index (κ1) is 31.2. The van der Waals surface area contributed by atoms with E-state index in [1.165, 1.54) is 53.6 Å². The van der Waals surface area contributed by atoms with Crippen LogP contribution in [0.15, 0.2) is 60.7 Å². The molecule has 9 heteroatoms. The van der Waals surface area contributed by atoms with Crippen molar-refractivity contribution in [1.82, 2.24) is 19.9 Å². The van der Waals surface area contributed by atoms with E-state index >= 15 is 0 Å². The zero-order valence-corrected chi connectivity index (χ0v) is 27.5. The zero-order chi connectivity index (χ0) is 31.0. The second-order valence-corrected chi connectivity index (χ2v) is 13.9. The normalized spacial score (nSPS) is 23.7. The van der Waals surface area contributed by atoms with E-state index in [9.17, 15) is 9.59 Å². The number of aromatic nitrogens is 4. The summed E-state index contributed by atoms with van der Waals surface area (Å²) in [4.78, 5) is 39.2. The Balaban J connectivity index is 0.000000235. The van der Waals surface area contributed by atoms with Crippen LogP contribution in [0.4, 0.5) is 0 Å². The van der Waals surface area contributed by atoms with Gasteiger partial charge in [-0.05, 0) is 108 Å². The molecule has 4 aromatic rings. The Bertz CT molecular complexity index is 1710. The van der Waals surface area contributed by atoms with E-state index in [4.69, 9.17) is 25.2 Å². The molecule has 45 heavy (non-hydrogen) atoms. The van der Waals surface area contributed by atoms with Crippen molar-refractivity contribution in [3.63, 3.8) is 0 Å². The molecule has 6 aliphatic rings. The molecule has 0 spiro atoms. The minimum absolute atomic E-state index is 0. The molecular weight excluding hydrogens is 653 g/mol. The van der Waals surface area contributed by atoms with Gasteiger partial charge in [0.05, 0.1) is 22.8 Å². The van der Waals surface area contributed by atoms with Crippen molar-refractivity contribution in [2.75, 3.05) is 0 Å². The number of hydrogen-bond acceptors (Lipinski definition) is 6. The van der Waals surface area contributed by atoms with Crippen LogP contribution < -0.4 is 0 Å². The third-order valence-corrected chi connectivity index (χ3v) is 11.1. The molecule has 0 radical (unpaired) electrons. The van der Waals surface area contributed by atoms with Crippen LogP contribution in [0.25, 0.3) is 22.8 Å². The van der Waals surface area contributed by atoms with Gasteiger partial charge < -0.3 is 10.2 Å². The van der Waals surface area contributed by atoms with E-state index in [0.29, 0.717) is 22.7 Å². The molecule has 0 saturated heterocycles. The van der Waals surface area contributed by atoms with Crippen LogP contribution in [0.2, 0.25) is 0 Å². The quantitative estimate of drug-likeness (QED) is 0.218. The molecule has 10 rings (SSSR count). The molecule has 6 aliphatic carbocycles.